The van der Waals surface area contributed by atoms with E-state index in [1.807, 2.05) is 24.4 Å². The van der Waals surface area contributed by atoms with Crippen LogP contribution in [-0.2, 0) is 6.54 Å². The van der Waals surface area contributed by atoms with Crippen molar-refractivity contribution in [3.8, 4) is 0 Å². The number of aliphatic imine (C=N–C) groups is 1. The SMILES string of the molecule is C(=Nc1cccc(NCc2cccs2)c1)c1cccs1. The predicted molar refractivity (Wildman–Crippen MR) is 89.7 cm³/mol. The van der Waals surface area contributed by atoms with Crippen molar-refractivity contribution in [1.82, 2.24) is 0 Å². The number of nitrogens with zero attached hydrogens (tertiary/aromatic N) is 1. The van der Waals surface area contributed by atoms with Crippen molar-refractivity contribution >= 4 is 40.3 Å². The van der Waals surface area contributed by atoms with Crippen molar-refractivity contribution in [2.45, 2.75) is 6.54 Å². The summed E-state index contributed by atoms with van der Waals surface area (Å²) in [6, 6.07) is 16.5. The molecule has 0 bridgehead atoms. The zero-order chi connectivity index (χ0) is 13.6. The van der Waals surface area contributed by atoms with Crippen LogP contribution in [0.25, 0.3) is 0 Å². The molecule has 0 aliphatic carbocycles. The number of thiophene rings is 2. The van der Waals surface area contributed by atoms with Gasteiger partial charge in [0.05, 0.1) is 5.69 Å². The molecule has 0 amide bonds. The minimum Gasteiger partial charge on any atom is -0.380 e. The van der Waals surface area contributed by atoms with Gasteiger partial charge in [-0.25, -0.2) is 0 Å². The van der Waals surface area contributed by atoms with Crippen LogP contribution >= 0.6 is 22.7 Å². The molecule has 1 aromatic carbocycles. The van der Waals surface area contributed by atoms with E-state index in [1.165, 1.54) is 9.75 Å². The molecule has 0 fully saturated rings. The molecule has 2 aromatic heterocycles. The van der Waals surface area contributed by atoms with E-state index in [4.69, 9.17) is 0 Å². The maximum absolute atomic E-state index is 4.50. The summed E-state index contributed by atoms with van der Waals surface area (Å²) in [7, 11) is 0. The minimum atomic E-state index is 0.857. The lowest BCUT2D eigenvalue weighted by molar-refractivity contribution is 1.19. The van der Waals surface area contributed by atoms with Gasteiger partial charge in [-0.05, 0) is 41.1 Å². The Kier molecular flexibility index (Phi) is 4.25. The minimum absolute atomic E-state index is 0.857. The fraction of sp³-hybridized carbons (Fsp3) is 0.0625. The zero-order valence-electron chi connectivity index (χ0n) is 10.8. The fourth-order valence-electron chi connectivity index (χ4n) is 1.80. The standard InChI is InChI=1S/C16H14N2S2/c1-4-13(17-11-15-6-2-8-19-15)10-14(5-1)18-12-16-7-3-9-20-16/h1-11,18H,12H2. The van der Waals surface area contributed by atoms with E-state index < -0.39 is 0 Å². The Hall–Kier alpha value is -1.91. The van der Waals surface area contributed by atoms with Crippen molar-refractivity contribution in [3.05, 3.63) is 69.0 Å². The molecule has 1 N–H and O–H groups in total. The first-order valence-corrected chi connectivity index (χ1v) is 8.10. The topological polar surface area (TPSA) is 24.4 Å². The Bertz CT molecular complexity index is 670. The summed E-state index contributed by atoms with van der Waals surface area (Å²) in [6.07, 6.45) is 1.91. The molecule has 0 spiro atoms. The number of anilines is 1. The second-order valence-electron chi connectivity index (χ2n) is 4.26. The third-order valence-corrected chi connectivity index (χ3v) is 4.46. The molecule has 100 valence electrons. The molecular weight excluding hydrogens is 284 g/mol. The first-order valence-electron chi connectivity index (χ1n) is 6.34. The highest BCUT2D eigenvalue weighted by Crippen LogP contribution is 2.20. The van der Waals surface area contributed by atoms with Crippen molar-refractivity contribution in [2.24, 2.45) is 4.99 Å². The van der Waals surface area contributed by atoms with Crippen molar-refractivity contribution < 1.29 is 0 Å². The lowest BCUT2D eigenvalue weighted by atomic mass is 10.3. The second-order valence-corrected chi connectivity index (χ2v) is 6.27. The van der Waals surface area contributed by atoms with Crippen LogP contribution in [0.4, 0.5) is 11.4 Å². The summed E-state index contributed by atoms with van der Waals surface area (Å²) in [6.45, 7) is 0.857. The van der Waals surface area contributed by atoms with Gasteiger partial charge in [0.2, 0.25) is 0 Å². The average Bonchev–Trinajstić information content (AvgIpc) is 3.17. The Morgan fingerprint density at radius 2 is 1.90 bits per heavy atom. The van der Waals surface area contributed by atoms with Crippen LogP contribution in [0.15, 0.2) is 64.3 Å². The first-order chi connectivity index (χ1) is 9.90. The number of hydrogen-bond acceptors (Lipinski definition) is 4. The summed E-state index contributed by atoms with van der Waals surface area (Å²) >= 11 is 3.46. The van der Waals surface area contributed by atoms with Gasteiger partial charge in [0.1, 0.15) is 0 Å². The number of hydrogen-bond donors (Lipinski definition) is 1. The number of benzene rings is 1. The van der Waals surface area contributed by atoms with Crippen LogP contribution in [0.3, 0.4) is 0 Å². The van der Waals surface area contributed by atoms with Crippen LogP contribution < -0.4 is 5.32 Å². The van der Waals surface area contributed by atoms with E-state index in [1.54, 1.807) is 22.7 Å². The maximum atomic E-state index is 4.50. The Morgan fingerprint density at radius 3 is 2.70 bits per heavy atom. The van der Waals surface area contributed by atoms with Gasteiger partial charge >= 0.3 is 0 Å². The van der Waals surface area contributed by atoms with Crippen LogP contribution in [-0.4, -0.2) is 6.21 Å². The van der Waals surface area contributed by atoms with Gasteiger partial charge in [-0.15, -0.1) is 22.7 Å². The van der Waals surface area contributed by atoms with Gasteiger partial charge in [0.15, 0.2) is 0 Å². The Balaban J connectivity index is 1.66. The van der Waals surface area contributed by atoms with Gasteiger partial charge in [0.25, 0.3) is 0 Å². The van der Waals surface area contributed by atoms with E-state index in [0.717, 1.165) is 17.9 Å². The molecule has 0 aliphatic heterocycles. The van der Waals surface area contributed by atoms with E-state index in [9.17, 15) is 0 Å². The summed E-state index contributed by atoms with van der Waals surface area (Å²) in [5, 5.41) is 7.57. The fourth-order valence-corrected chi connectivity index (χ4v) is 3.03. The summed E-state index contributed by atoms with van der Waals surface area (Å²) in [5.41, 5.74) is 2.06. The maximum Gasteiger partial charge on any atom is 0.0650 e. The molecule has 3 aromatic rings. The largest absolute Gasteiger partial charge is 0.380 e. The molecule has 0 atom stereocenters. The van der Waals surface area contributed by atoms with Crippen LogP contribution in [0.1, 0.15) is 9.75 Å². The molecule has 4 heteroatoms. The molecule has 0 saturated carbocycles. The van der Waals surface area contributed by atoms with Crippen LogP contribution in [0, 0.1) is 0 Å². The molecule has 0 saturated heterocycles. The van der Waals surface area contributed by atoms with E-state index in [2.05, 4.69) is 51.4 Å². The quantitative estimate of drug-likeness (QED) is 0.645. The third kappa shape index (κ3) is 3.56. The summed E-state index contributed by atoms with van der Waals surface area (Å²) < 4.78 is 0. The monoisotopic (exact) mass is 298 g/mol. The lowest BCUT2D eigenvalue weighted by Crippen LogP contribution is -1.96. The predicted octanol–water partition coefficient (Wildman–Crippen LogP) is 5.17. The molecule has 0 unspecified atom stereocenters. The van der Waals surface area contributed by atoms with Crippen molar-refractivity contribution in [3.63, 3.8) is 0 Å². The van der Waals surface area contributed by atoms with Crippen LogP contribution in [0.2, 0.25) is 0 Å². The summed E-state index contributed by atoms with van der Waals surface area (Å²) in [4.78, 5) is 7.00. The van der Waals surface area contributed by atoms with Gasteiger partial charge in [-0.2, -0.15) is 0 Å². The van der Waals surface area contributed by atoms with Crippen molar-refractivity contribution in [2.75, 3.05) is 5.32 Å². The molecule has 0 radical (unpaired) electrons. The van der Waals surface area contributed by atoms with E-state index in [0.29, 0.717) is 0 Å². The van der Waals surface area contributed by atoms with Crippen LogP contribution in [0.5, 0.6) is 0 Å². The smallest absolute Gasteiger partial charge is 0.0650 e. The number of nitrogens with one attached hydrogen (secondary N) is 1. The molecule has 20 heavy (non-hydrogen) atoms. The molecule has 2 nitrogen and oxygen atoms in total. The lowest BCUT2D eigenvalue weighted by Gasteiger charge is -2.05. The van der Waals surface area contributed by atoms with E-state index >= 15 is 0 Å². The van der Waals surface area contributed by atoms with Gasteiger partial charge < -0.3 is 5.32 Å². The third-order valence-electron chi connectivity index (χ3n) is 2.78. The molecule has 0 aliphatic rings. The average molecular weight is 298 g/mol. The normalized spacial score (nSPS) is 11.0. The van der Waals surface area contributed by atoms with Gasteiger partial charge in [-0.1, -0.05) is 18.2 Å². The second kappa shape index (κ2) is 6.50. The molecule has 3 rings (SSSR count). The van der Waals surface area contributed by atoms with E-state index in [-0.39, 0.29) is 0 Å². The summed E-state index contributed by atoms with van der Waals surface area (Å²) in [5.74, 6) is 0. The number of rotatable bonds is 5. The Morgan fingerprint density at radius 1 is 1.00 bits per heavy atom. The highest BCUT2D eigenvalue weighted by Gasteiger charge is 1.96. The van der Waals surface area contributed by atoms with Gasteiger partial charge in [0, 0.05) is 28.2 Å². The molecule has 2 heterocycles. The highest BCUT2D eigenvalue weighted by atomic mass is 32.1. The Labute approximate surface area is 126 Å². The molecular formula is C16H14N2S2. The van der Waals surface area contributed by atoms with Crippen molar-refractivity contribution in [1.29, 1.82) is 0 Å². The van der Waals surface area contributed by atoms with Gasteiger partial charge in [-0.3, -0.25) is 4.99 Å². The highest BCUT2D eigenvalue weighted by molar-refractivity contribution is 7.11. The first kappa shape index (κ1) is 13.1. The zero-order valence-corrected chi connectivity index (χ0v) is 12.5.